The van der Waals surface area contributed by atoms with Crippen LogP contribution >= 0.6 is 0 Å². The molecule has 0 fully saturated rings. The van der Waals surface area contributed by atoms with Gasteiger partial charge in [-0.05, 0) is 85.5 Å². The van der Waals surface area contributed by atoms with Crippen LogP contribution in [0.1, 0.15) is 57.5 Å². The lowest BCUT2D eigenvalue weighted by Gasteiger charge is -2.25. The highest BCUT2D eigenvalue weighted by molar-refractivity contribution is 5.53. The van der Waals surface area contributed by atoms with Crippen molar-refractivity contribution in [2.75, 3.05) is 0 Å². The fraction of sp³-hybridized carbons (Fsp3) is 0.400. The largest absolute Gasteiger partial charge is 0.320 e. The molecule has 2 aromatic rings. The summed E-state index contributed by atoms with van der Waals surface area (Å²) >= 11 is 0. The summed E-state index contributed by atoms with van der Waals surface area (Å²) in [4.78, 5) is 0. The van der Waals surface area contributed by atoms with Crippen molar-refractivity contribution in [1.82, 2.24) is 0 Å². The monoisotopic (exact) mass is 281 g/mol. The highest BCUT2D eigenvalue weighted by Gasteiger charge is 2.20. The molecule has 0 aromatic heterocycles. The molecule has 0 aliphatic carbocycles. The molecule has 0 aliphatic rings. The van der Waals surface area contributed by atoms with E-state index in [4.69, 9.17) is 5.73 Å². The fourth-order valence-corrected chi connectivity index (χ4v) is 3.31. The molecule has 0 amide bonds. The molecule has 0 saturated carbocycles. The molecule has 0 aliphatic heterocycles. The van der Waals surface area contributed by atoms with Crippen LogP contribution in [0.2, 0.25) is 0 Å². The SMILES string of the molecule is CCc1ccccc1C(N)c1c(C)c(C)c(C)c(C)c1C. The standard InChI is InChI=1S/C20H27N/c1-7-17-10-8-9-11-18(17)20(21)19-15(5)13(3)12(2)14(4)16(19)6/h8-11,20H,7,21H2,1-6H3. The first kappa shape index (κ1) is 15.8. The lowest BCUT2D eigenvalue weighted by molar-refractivity contribution is 0.825. The van der Waals surface area contributed by atoms with Gasteiger partial charge in [-0.15, -0.1) is 0 Å². The lowest BCUT2D eigenvalue weighted by Crippen LogP contribution is -2.18. The highest BCUT2D eigenvalue weighted by atomic mass is 14.6. The third kappa shape index (κ3) is 2.63. The van der Waals surface area contributed by atoms with Crippen molar-refractivity contribution in [3.8, 4) is 0 Å². The van der Waals surface area contributed by atoms with E-state index in [-0.39, 0.29) is 6.04 Å². The zero-order chi connectivity index (χ0) is 15.7. The van der Waals surface area contributed by atoms with E-state index in [0.29, 0.717) is 0 Å². The first-order valence-corrected chi connectivity index (χ1v) is 7.80. The Labute approximate surface area is 129 Å². The zero-order valence-electron chi connectivity index (χ0n) is 14.2. The maximum Gasteiger partial charge on any atom is 0.0559 e. The summed E-state index contributed by atoms with van der Waals surface area (Å²) < 4.78 is 0. The Morgan fingerprint density at radius 2 is 1.29 bits per heavy atom. The molecule has 2 rings (SSSR count). The lowest BCUT2D eigenvalue weighted by atomic mass is 9.83. The van der Waals surface area contributed by atoms with Crippen molar-refractivity contribution >= 4 is 0 Å². The van der Waals surface area contributed by atoms with Crippen LogP contribution in [0.4, 0.5) is 0 Å². The first-order chi connectivity index (χ1) is 9.90. The van der Waals surface area contributed by atoms with E-state index < -0.39 is 0 Å². The van der Waals surface area contributed by atoms with Crippen molar-refractivity contribution in [2.24, 2.45) is 5.73 Å². The normalized spacial score (nSPS) is 12.5. The second kappa shape index (κ2) is 6.03. The van der Waals surface area contributed by atoms with Crippen molar-refractivity contribution in [3.05, 3.63) is 68.8 Å². The van der Waals surface area contributed by atoms with Gasteiger partial charge < -0.3 is 5.73 Å². The van der Waals surface area contributed by atoms with Crippen molar-refractivity contribution in [2.45, 2.75) is 54.0 Å². The number of aryl methyl sites for hydroxylation is 1. The fourth-order valence-electron chi connectivity index (χ4n) is 3.31. The minimum atomic E-state index is -0.0425. The van der Waals surface area contributed by atoms with Gasteiger partial charge in [-0.3, -0.25) is 0 Å². The zero-order valence-corrected chi connectivity index (χ0v) is 14.2. The molecule has 21 heavy (non-hydrogen) atoms. The third-order valence-electron chi connectivity index (χ3n) is 5.14. The van der Waals surface area contributed by atoms with E-state index in [1.807, 2.05) is 0 Å². The molecular weight excluding hydrogens is 254 g/mol. The predicted octanol–water partition coefficient (Wildman–Crippen LogP) is 4.84. The molecule has 0 spiro atoms. The third-order valence-corrected chi connectivity index (χ3v) is 5.14. The van der Waals surface area contributed by atoms with Crippen LogP contribution in [0.25, 0.3) is 0 Å². The molecule has 0 saturated heterocycles. The summed E-state index contributed by atoms with van der Waals surface area (Å²) in [5, 5.41) is 0. The Morgan fingerprint density at radius 1 is 0.810 bits per heavy atom. The summed E-state index contributed by atoms with van der Waals surface area (Å²) in [5.41, 5.74) is 17.4. The molecule has 112 valence electrons. The molecule has 1 unspecified atom stereocenters. The Bertz CT molecular complexity index is 639. The van der Waals surface area contributed by atoms with Gasteiger partial charge in [0.05, 0.1) is 6.04 Å². The number of hydrogen-bond acceptors (Lipinski definition) is 1. The minimum absolute atomic E-state index is 0.0425. The number of hydrogen-bond donors (Lipinski definition) is 1. The van der Waals surface area contributed by atoms with Gasteiger partial charge >= 0.3 is 0 Å². The molecule has 1 nitrogen and oxygen atoms in total. The number of nitrogens with two attached hydrogens (primary N) is 1. The molecule has 0 bridgehead atoms. The average Bonchev–Trinajstić information content (AvgIpc) is 2.51. The van der Waals surface area contributed by atoms with Crippen LogP contribution in [-0.4, -0.2) is 0 Å². The molecule has 1 heteroatoms. The quantitative estimate of drug-likeness (QED) is 0.856. The molecule has 0 heterocycles. The van der Waals surface area contributed by atoms with Crippen molar-refractivity contribution in [3.63, 3.8) is 0 Å². The molecular formula is C20H27N. The van der Waals surface area contributed by atoms with Crippen LogP contribution in [0.5, 0.6) is 0 Å². The van der Waals surface area contributed by atoms with Crippen molar-refractivity contribution < 1.29 is 0 Å². The molecule has 2 aromatic carbocycles. The summed E-state index contributed by atoms with van der Waals surface area (Å²) in [5.74, 6) is 0. The maximum absolute atomic E-state index is 6.68. The van der Waals surface area contributed by atoms with Crippen LogP contribution in [0.15, 0.2) is 24.3 Å². The first-order valence-electron chi connectivity index (χ1n) is 7.80. The van der Waals surface area contributed by atoms with E-state index in [0.717, 1.165) is 6.42 Å². The van der Waals surface area contributed by atoms with E-state index in [1.54, 1.807) is 0 Å². The van der Waals surface area contributed by atoms with Gasteiger partial charge in [-0.1, -0.05) is 31.2 Å². The number of benzene rings is 2. The van der Waals surface area contributed by atoms with Gasteiger partial charge in [0, 0.05) is 0 Å². The van der Waals surface area contributed by atoms with Crippen LogP contribution < -0.4 is 5.73 Å². The maximum atomic E-state index is 6.68. The van der Waals surface area contributed by atoms with Crippen LogP contribution in [0, 0.1) is 34.6 Å². The van der Waals surface area contributed by atoms with Gasteiger partial charge in [0.1, 0.15) is 0 Å². The van der Waals surface area contributed by atoms with Crippen molar-refractivity contribution in [1.29, 1.82) is 0 Å². The summed E-state index contributed by atoms with van der Waals surface area (Å²) in [6, 6.07) is 8.51. The second-order valence-electron chi connectivity index (χ2n) is 6.07. The Kier molecular flexibility index (Phi) is 4.53. The Morgan fingerprint density at radius 3 is 1.81 bits per heavy atom. The van der Waals surface area contributed by atoms with Gasteiger partial charge in [-0.25, -0.2) is 0 Å². The van der Waals surface area contributed by atoms with Gasteiger partial charge in [-0.2, -0.15) is 0 Å². The Balaban J connectivity index is 2.67. The van der Waals surface area contributed by atoms with Gasteiger partial charge in [0.2, 0.25) is 0 Å². The van der Waals surface area contributed by atoms with Gasteiger partial charge in [0.25, 0.3) is 0 Å². The Hall–Kier alpha value is -1.60. The van der Waals surface area contributed by atoms with Crippen LogP contribution in [0.3, 0.4) is 0 Å². The number of rotatable bonds is 3. The summed E-state index contributed by atoms with van der Waals surface area (Å²) in [6.45, 7) is 13.2. The predicted molar refractivity (Wildman–Crippen MR) is 92.0 cm³/mol. The van der Waals surface area contributed by atoms with E-state index >= 15 is 0 Å². The van der Waals surface area contributed by atoms with E-state index in [2.05, 4.69) is 65.8 Å². The minimum Gasteiger partial charge on any atom is -0.320 e. The summed E-state index contributed by atoms with van der Waals surface area (Å²) in [6.07, 6.45) is 1.02. The summed E-state index contributed by atoms with van der Waals surface area (Å²) in [7, 11) is 0. The molecule has 1 atom stereocenters. The molecule has 2 N–H and O–H groups in total. The highest BCUT2D eigenvalue weighted by Crippen LogP contribution is 2.33. The smallest absolute Gasteiger partial charge is 0.0559 e. The van der Waals surface area contributed by atoms with E-state index in [9.17, 15) is 0 Å². The second-order valence-corrected chi connectivity index (χ2v) is 6.07. The topological polar surface area (TPSA) is 26.0 Å². The van der Waals surface area contributed by atoms with E-state index in [1.165, 1.54) is 44.5 Å². The van der Waals surface area contributed by atoms with Crippen LogP contribution in [-0.2, 0) is 6.42 Å². The molecule has 0 radical (unpaired) electrons. The average molecular weight is 281 g/mol. The van der Waals surface area contributed by atoms with Gasteiger partial charge in [0.15, 0.2) is 0 Å².